The first-order chi connectivity index (χ1) is 43.9. The predicted octanol–water partition coefficient (Wildman–Crippen LogP) is -5.98. The van der Waals surface area contributed by atoms with Crippen molar-refractivity contribution < 1.29 is 132 Å². The summed E-state index contributed by atoms with van der Waals surface area (Å²) >= 11 is 1.34. The Hall–Kier alpha value is -7.13. The van der Waals surface area contributed by atoms with E-state index in [2.05, 4.69) is 36.0 Å². The van der Waals surface area contributed by atoms with E-state index in [0.29, 0.717) is 34.4 Å². The topological polar surface area (TPSA) is 470 Å². The van der Waals surface area contributed by atoms with E-state index in [9.17, 15) is 79.4 Å². The van der Waals surface area contributed by atoms with Crippen molar-refractivity contribution in [2.45, 2.75) is 132 Å². The normalized spacial score (nSPS) is 24.5. The van der Waals surface area contributed by atoms with Gasteiger partial charge in [-0.15, -0.1) is 4.33 Å². The van der Waals surface area contributed by atoms with E-state index in [1.807, 2.05) is 24.3 Å². The predicted molar refractivity (Wildman–Crippen MR) is 320 cm³/mol. The van der Waals surface area contributed by atoms with Crippen LogP contribution in [0.2, 0.25) is 0 Å². The molecule has 35 heteroatoms. The maximum atomic E-state index is 14.7. The Bertz CT molecular complexity index is 3390. The largest absolute Gasteiger partial charge is 1.00 e. The van der Waals surface area contributed by atoms with Gasteiger partial charge in [-0.1, -0.05) is 36.5 Å². The Morgan fingerprint density at radius 2 is 1.49 bits per heavy atom. The first kappa shape index (κ1) is 73.3. The van der Waals surface area contributed by atoms with Gasteiger partial charge in [0, 0.05) is 75.2 Å². The van der Waals surface area contributed by atoms with Gasteiger partial charge in [-0.05, 0) is 80.3 Å². The van der Waals surface area contributed by atoms with E-state index in [1.54, 1.807) is 30.0 Å². The number of hydrogen-bond acceptors (Lipinski definition) is 25. The summed E-state index contributed by atoms with van der Waals surface area (Å²) in [4.78, 5) is 120. The number of carbonyl (C=O) groups excluding carboxylic acids is 8. The molecule has 93 heavy (non-hydrogen) atoms. The van der Waals surface area contributed by atoms with E-state index < -0.39 is 177 Å². The number of nitrogens with one attached hydrogen (secondary N) is 5. The van der Waals surface area contributed by atoms with E-state index in [0.717, 1.165) is 59.4 Å². The number of imidazole rings is 1. The van der Waals surface area contributed by atoms with Gasteiger partial charge in [-0.3, -0.25) is 43.4 Å². The number of aromatic nitrogens is 3. The van der Waals surface area contributed by atoms with Crippen molar-refractivity contribution >= 4 is 75.9 Å². The van der Waals surface area contributed by atoms with Crippen molar-refractivity contribution in [1.29, 1.82) is 0 Å². The zero-order valence-corrected chi connectivity index (χ0v) is 54.5. The molecule has 0 radical (unpaired) electrons. The summed E-state index contributed by atoms with van der Waals surface area (Å²) in [7, 11) is 1.67. The third kappa shape index (κ3) is 18.8. The maximum Gasteiger partial charge on any atom is 1.00 e. The van der Waals surface area contributed by atoms with Crippen molar-refractivity contribution in [3.8, 4) is 39.1 Å². The molecule has 8 rings (SSSR count). The van der Waals surface area contributed by atoms with Crippen LogP contribution in [-0.2, 0) is 54.1 Å². The molecule has 5 aromatic rings. The van der Waals surface area contributed by atoms with Gasteiger partial charge in [0.15, 0.2) is 11.5 Å². The average molecular weight is 1350 g/mol. The van der Waals surface area contributed by atoms with Crippen LogP contribution in [0.25, 0.3) is 26.8 Å². The molecule has 13 atom stereocenters. The molecule has 32 nitrogen and oxygen atoms in total. The standard InChI is InChI=1S/C58H73N11O21S2.Na/c1-28-25-68-48(49(28)77)54(82)60-24-34(71)21-37(61-50(78)32-10-8-31(9-11-32)38-27-69-58(62-38)91-55(66-69)33-12-14-36(15-13-33)87-18-6-4-5-17-86-3)51(79)63-45(29(2)70)56(83)67-26-35(72)22-39(67)52(80)64-46(53(81)65-47(57(68)84)42(75)23-44(59)76)41(74)19-30-7-16-40(73)43(20-30)88-92-90-89-85;/h7-16,20,27-29,34-35,37,39,41-42,45-49,70-75,77,85H,4-6,17-19,21-26H2,1-3H3,(H2,59,76)(H,60,82)(H,61,78)(H,63,79)(H,64,80)(H,65,81);/q;+1/p-1/t28?,29?,34?,35?,37-,39?,41?,42?,45?,46?,47?,48?,49?;/m0./s1. The summed E-state index contributed by atoms with van der Waals surface area (Å²) < 4.78 is 21.7. The zero-order valence-electron chi connectivity index (χ0n) is 50.9. The Kier molecular flexibility index (Phi) is 26.6. The third-order valence-electron chi connectivity index (χ3n) is 15.7. The number of phenols is 1. The minimum atomic E-state index is -2.23. The molecule has 5 heterocycles. The number of nitrogens with zero attached hydrogens (tertiary/aromatic N) is 5. The number of amides is 8. The minimum Gasteiger partial charge on any atom is -0.691 e. The zero-order chi connectivity index (χ0) is 66.5. The number of unbranched alkanes of at least 4 members (excludes halogenated alkanes) is 2. The van der Waals surface area contributed by atoms with Gasteiger partial charge in [-0.25, -0.2) is 9.50 Å². The van der Waals surface area contributed by atoms with Crippen LogP contribution >= 0.6 is 23.7 Å². The van der Waals surface area contributed by atoms with Gasteiger partial charge in [-0.2, -0.15) is 5.10 Å². The molecule has 3 aromatic carbocycles. The minimum absolute atomic E-state index is 0. The van der Waals surface area contributed by atoms with E-state index in [1.165, 1.54) is 36.5 Å². The molecule has 2 aromatic heterocycles. The number of hydrogen-bond donors (Lipinski definition) is 13. The van der Waals surface area contributed by atoms with Gasteiger partial charge in [0.25, 0.3) is 18.2 Å². The first-order valence-corrected chi connectivity index (χ1v) is 30.7. The number of carbonyl (C=O) groups is 8. The summed E-state index contributed by atoms with van der Waals surface area (Å²) in [5.74, 6) is -10.5. The second-order valence-electron chi connectivity index (χ2n) is 22.5. The molecule has 3 fully saturated rings. The molecule has 0 bridgehead atoms. The van der Waals surface area contributed by atoms with Gasteiger partial charge >= 0.3 is 29.6 Å². The second kappa shape index (κ2) is 33.8. The summed E-state index contributed by atoms with van der Waals surface area (Å²) in [6.45, 7) is 2.12. The Balaban J connectivity index is 0.0000123. The summed E-state index contributed by atoms with van der Waals surface area (Å²) in [6.07, 6.45) is -9.15. The third-order valence-corrected chi connectivity index (χ3v) is 17.0. The number of rotatable bonds is 22. The Morgan fingerprint density at radius 3 is 2.17 bits per heavy atom. The van der Waals surface area contributed by atoms with E-state index in [-0.39, 0.29) is 58.8 Å². The Labute approximate surface area is 562 Å². The fraction of sp³-hybridized carbons (Fsp3) is 0.483. The maximum absolute atomic E-state index is 14.7. The van der Waals surface area contributed by atoms with E-state index in [4.69, 9.17) is 29.5 Å². The fourth-order valence-corrected chi connectivity index (χ4v) is 12.0. The molecule has 0 saturated carbocycles. The number of primary amides is 1. The molecule has 3 saturated heterocycles. The van der Waals surface area contributed by atoms with Crippen LogP contribution in [0, 0.1) is 5.92 Å². The average Bonchev–Trinajstić information content (AvgIpc) is 1.71. The number of aliphatic hydroxyl groups is 6. The van der Waals surface area contributed by atoms with E-state index >= 15 is 0 Å². The van der Waals surface area contributed by atoms with Crippen LogP contribution in [0.4, 0.5) is 0 Å². The van der Waals surface area contributed by atoms with Crippen LogP contribution in [0.15, 0.2) is 72.9 Å². The molecule has 0 aliphatic carbocycles. The number of phenolic OH excluding ortho intramolecular Hbond substituents is 1. The summed E-state index contributed by atoms with van der Waals surface area (Å²) in [5, 5.41) is 110. The van der Waals surface area contributed by atoms with Crippen LogP contribution in [0.3, 0.4) is 0 Å². The monoisotopic (exact) mass is 1350 g/mol. The van der Waals surface area contributed by atoms with Crippen molar-refractivity contribution in [3.05, 3.63) is 84.1 Å². The molecule has 14 N–H and O–H groups in total. The van der Waals surface area contributed by atoms with Gasteiger partial charge in [0.1, 0.15) is 47.0 Å². The van der Waals surface area contributed by atoms with Gasteiger partial charge in [0.2, 0.25) is 46.3 Å². The van der Waals surface area contributed by atoms with Crippen molar-refractivity contribution in [3.63, 3.8) is 0 Å². The summed E-state index contributed by atoms with van der Waals surface area (Å²) in [6, 6.07) is 5.33. The number of aromatic hydroxyl groups is 1. The van der Waals surface area contributed by atoms with Crippen molar-refractivity contribution in [2.75, 3.05) is 40.0 Å². The first-order valence-electron chi connectivity index (χ1n) is 29.2. The molecule has 0 spiro atoms. The van der Waals surface area contributed by atoms with Crippen LogP contribution in [0.1, 0.15) is 68.3 Å². The second-order valence-corrected chi connectivity index (χ2v) is 23.9. The van der Waals surface area contributed by atoms with Crippen LogP contribution in [0.5, 0.6) is 17.2 Å². The smallest absolute Gasteiger partial charge is 0.691 e. The molecular weight excluding hydrogens is 1270 g/mol. The number of benzene rings is 3. The van der Waals surface area contributed by atoms with Crippen LogP contribution in [-0.4, -0.2) is 220 Å². The molecular formula is C58H72N11NaO21S2. The molecule has 498 valence electrons. The number of ether oxygens (including phenoxy) is 2. The van der Waals surface area contributed by atoms with Gasteiger partial charge < -0.3 is 96.8 Å². The number of nitrogens with two attached hydrogens (primary N) is 1. The molecule has 8 amide bonds. The van der Waals surface area contributed by atoms with Crippen molar-refractivity contribution in [2.24, 2.45) is 11.7 Å². The van der Waals surface area contributed by atoms with Crippen LogP contribution < -0.4 is 76.1 Å². The molecule has 12 unspecified atom stereocenters. The number of fused-ring (bicyclic) bond motifs is 3. The number of aliphatic hydroxyl groups excluding tert-OH is 6. The van der Waals surface area contributed by atoms with Gasteiger partial charge in [0.05, 0.1) is 61.5 Å². The molecule has 3 aliphatic rings. The SMILES string of the molecule is COCCCCCOc1ccc(-c2nn3cc(-c4ccc(C(=O)N[C@H]5CC(O)CNC(=O)C6C(O)C(C)CN6C(=O)C(C(O)CC(N)=O)NC(=O)C(C(O)Cc6ccc(O)c(OSOO[O-])c6)NC(=O)C6CC(O)CN6C(=O)C(C(C)O)NC5=O)cc4)nc3s2)cc1.[Na+]. The quantitative estimate of drug-likeness (QED) is 0.0101. The molecule has 3 aliphatic heterocycles. The Morgan fingerprint density at radius 1 is 0.817 bits per heavy atom. The van der Waals surface area contributed by atoms with Crippen molar-refractivity contribution in [1.82, 2.24) is 51.0 Å². The number of methoxy groups -OCH3 is 1. The summed E-state index contributed by atoms with van der Waals surface area (Å²) in [5.41, 5.74) is 7.41. The fourth-order valence-electron chi connectivity index (χ4n) is 10.8. The number of β-amino-alcohol motifs (C(OH)–C–C–N with tert-alkyl or cyclic N) is 1.